The second-order valence-corrected chi connectivity index (χ2v) is 5.55. The van der Waals surface area contributed by atoms with Gasteiger partial charge in [0.2, 0.25) is 11.8 Å². The Morgan fingerprint density at radius 1 is 1.21 bits per heavy atom. The van der Waals surface area contributed by atoms with E-state index < -0.39 is 0 Å². The van der Waals surface area contributed by atoms with E-state index in [-0.39, 0.29) is 18.4 Å². The van der Waals surface area contributed by atoms with Gasteiger partial charge in [0.15, 0.2) is 0 Å². The van der Waals surface area contributed by atoms with Gasteiger partial charge in [-0.2, -0.15) is 0 Å². The number of anilines is 1. The number of carbonyl (C=O) groups excluding carboxylic acids is 2. The van der Waals surface area contributed by atoms with E-state index in [4.69, 9.17) is 4.74 Å². The van der Waals surface area contributed by atoms with Crippen molar-refractivity contribution in [2.24, 2.45) is 0 Å². The van der Waals surface area contributed by atoms with Crippen molar-refractivity contribution in [2.75, 3.05) is 26.0 Å². The Balaban J connectivity index is 1.99. The molecule has 0 aliphatic heterocycles. The molecule has 0 saturated carbocycles. The summed E-state index contributed by atoms with van der Waals surface area (Å²) in [5.41, 5.74) is 3.27. The predicted molar refractivity (Wildman–Crippen MR) is 92.3 cm³/mol. The molecule has 2 rings (SSSR count). The van der Waals surface area contributed by atoms with Gasteiger partial charge in [-0.15, -0.1) is 0 Å². The topological polar surface area (TPSA) is 71.5 Å². The first-order valence-corrected chi connectivity index (χ1v) is 7.54. The average Bonchev–Trinajstić information content (AvgIpc) is 2.58. The minimum atomic E-state index is -0.277. The number of amides is 2. The van der Waals surface area contributed by atoms with Crippen LogP contribution in [0.3, 0.4) is 0 Å². The zero-order valence-electron chi connectivity index (χ0n) is 14.3. The summed E-state index contributed by atoms with van der Waals surface area (Å²) in [6.45, 7) is 3.89. The molecule has 0 bridgehead atoms. The normalized spacial score (nSPS) is 10.2. The monoisotopic (exact) mass is 327 g/mol. The lowest BCUT2D eigenvalue weighted by atomic mass is 10.1. The number of nitrogens with zero attached hydrogens (tertiary/aromatic N) is 2. The van der Waals surface area contributed by atoms with Gasteiger partial charge in [-0.3, -0.25) is 9.59 Å². The van der Waals surface area contributed by atoms with E-state index in [0.717, 1.165) is 16.8 Å². The standard InChI is InChI=1S/C18H21N3O3/c1-12-6-5-7-15(13(12)2)20-16(22)11-21(3)18(23)14-8-9-17(24-4)19-10-14/h5-10H,11H2,1-4H3,(H,20,22). The van der Waals surface area contributed by atoms with Crippen LogP contribution in [0.5, 0.6) is 5.88 Å². The lowest BCUT2D eigenvalue weighted by Crippen LogP contribution is -2.35. The Morgan fingerprint density at radius 2 is 1.96 bits per heavy atom. The number of likely N-dealkylation sites (N-methyl/N-ethyl adjacent to an activating group) is 1. The van der Waals surface area contributed by atoms with Crippen LogP contribution in [0, 0.1) is 13.8 Å². The van der Waals surface area contributed by atoms with Crippen LogP contribution in [0.15, 0.2) is 36.5 Å². The molecule has 1 heterocycles. The fraction of sp³-hybridized carbons (Fsp3) is 0.278. The predicted octanol–water partition coefficient (Wildman–Crippen LogP) is 2.42. The highest BCUT2D eigenvalue weighted by molar-refractivity contribution is 5.99. The number of carbonyl (C=O) groups is 2. The molecule has 0 fully saturated rings. The molecule has 2 amide bonds. The van der Waals surface area contributed by atoms with Gasteiger partial charge >= 0.3 is 0 Å². The molecule has 126 valence electrons. The van der Waals surface area contributed by atoms with E-state index in [2.05, 4.69) is 10.3 Å². The van der Waals surface area contributed by atoms with E-state index in [1.807, 2.05) is 32.0 Å². The Kier molecular flexibility index (Phi) is 5.52. The highest BCUT2D eigenvalue weighted by Gasteiger charge is 2.16. The van der Waals surface area contributed by atoms with Crippen LogP contribution in [-0.4, -0.2) is 42.4 Å². The van der Waals surface area contributed by atoms with Gasteiger partial charge in [0.25, 0.3) is 5.91 Å². The molecule has 0 atom stereocenters. The quantitative estimate of drug-likeness (QED) is 0.915. The third-order valence-electron chi connectivity index (χ3n) is 3.80. The molecular weight excluding hydrogens is 306 g/mol. The van der Waals surface area contributed by atoms with E-state index in [0.29, 0.717) is 11.4 Å². The second kappa shape index (κ2) is 7.59. The summed E-state index contributed by atoms with van der Waals surface area (Å²) >= 11 is 0. The third kappa shape index (κ3) is 4.10. The number of aryl methyl sites for hydroxylation is 1. The molecule has 0 saturated heterocycles. The molecule has 6 heteroatoms. The number of benzene rings is 1. The number of pyridine rings is 1. The first-order chi connectivity index (χ1) is 11.4. The lowest BCUT2D eigenvalue weighted by molar-refractivity contribution is -0.116. The number of hydrogen-bond acceptors (Lipinski definition) is 4. The Bertz CT molecular complexity index is 742. The summed E-state index contributed by atoms with van der Waals surface area (Å²) < 4.78 is 4.96. The SMILES string of the molecule is COc1ccc(C(=O)N(C)CC(=O)Nc2cccc(C)c2C)cn1. The Hall–Kier alpha value is -2.89. The summed E-state index contributed by atoms with van der Waals surface area (Å²) in [4.78, 5) is 29.9. The number of aromatic nitrogens is 1. The van der Waals surface area contributed by atoms with Crippen LogP contribution < -0.4 is 10.1 Å². The molecule has 1 aromatic carbocycles. The van der Waals surface area contributed by atoms with Gasteiger partial charge in [-0.1, -0.05) is 12.1 Å². The van der Waals surface area contributed by atoms with E-state index in [1.54, 1.807) is 19.2 Å². The van der Waals surface area contributed by atoms with Crippen molar-refractivity contribution in [1.29, 1.82) is 0 Å². The van der Waals surface area contributed by atoms with Gasteiger partial charge in [0.05, 0.1) is 19.2 Å². The molecule has 0 aliphatic carbocycles. The Labute approximate surface area is 141 Å². The van der Waals surface area contributed by atoms with Crippen LogP contribution in [0.4, 0.5) is 5.69 Å². The molecule has 0 unspecified atom stereocenters. The van der Waals surface area contributed by atoms with Gasteiger partial charge < -0.3 is 15.0 Å². The van der Waals surface area contributed by atoms with E-state index in [9.17, 15) is 9.59 Å². The summed E-state index contributed by atoms with van der Waals surface area (Å²) in [5, 5.41) is 2.84. The highest BCUT2D eigenvalue weighted by Crippen LogP contribution is 2.18. The number of rotatable bonds is 5. The second-order valence-electron chi connectivity index (χ2n) is 5.55. The molecular formula is C18H21N3O3. The maximum absolute atomic E-state index is 12.3. The Morgan fingerprint density at radius 3 is 2.58 bits per heavy atom. The van der Waals surface area contributed by atoms with Gasteiger partial charge in [0.1, 0.15) is 0 Å². The molecule has 24 heavy (non-hydrogen) atoms. The molecule has 2 aromatic rings. The van der Waals surface area contributed by atoms with Crippen molar-refractivity contribution in [1.82, 2.24) is 9.88 Å². The lowest BCUT2D eigenvalue weighted by Gasteiger charge is -2.17. The first-order valence-electron chi connectivity index (χ1n) is 7.54. The third-order valence-corrected chi connectivity index (χ3v) is 3.80. The largest absolute Gasteiger partial charge is 0.481 e. The van der Waals surface area contributed by atoms with Crippen LogP contribution in [0.25, 0.3) is 0 Å². The smallest absolute Gasteiger partial charge is 0.255 e. The maximum atomic E-state index is 12.3. The first kappa shape index (κ1) is 17.5. The van der Waals surface area contributed by atoms with Crippen molar-refractivity contribution in [3.8, 4) is 5.88 Å². The number of hydrogen-bond donors (Lipinski definition) is 1. The van der Waals surface area contributed by atoms with Gasteiger partial charge in [-0.25, -0.2) is 4.98 Å². The molecule has 0 radical (unpaired) electrons. The van der Waals surface area contributed by atoms with Crippen LogP contribution in [0.1, 0.15) is 21.5 Å². The number of nitrogens with one attached hydrogen (secondary N) is 1. The summed E-state index contributed by atoms with van der Waals surface area (Å²) in [7, 11) is 3.09. The average molecular weight is 327 g/mol. The molecule has 0 spiro atoms. The highest BCUT2D eigenvalue weighted by atomic mass is 16.5. The minimum absolute atomic E-state index is 0.0434. The molecule has 1 N–H and O–H groups in total. The maximum Gasteiger partial charge on any atom is 0.255 e. The fourth-order valence-corrected chi connectivity index (χ4v) is 2.21. The zero-order chi connectivity index (χ0) is 17.7. The van der Waals surface area contributed by atoms with Crippen molar-refractivity contribution < 1.29 is 14.3 Å². The zero-order valence-corrected chi connectivity index (χ0v) is 14.3. The summed E-state index contributed by atoms with van der Waals surface area (Å²) in [6, 6.07) is 8.94. The van der Waals surface area contributed by atoms with Crippen molar-refractivity contribution >= 4 is 17.5 Å². The van der Waals surface area contributed by atoms with Crippen molar-refractivity contribution in [2.45, 2.75) is 13.8 Å². The van der Waals surface area contributed by atoms with Crippen LogP contribution >= 0.6 is 0 Å². The van der Waals surface area contributed by atoms with E-state index in [1.165, 1.54) is 18.2 Å². The summed E-state index contributed by atoms with van der Waals surface area (Å²) in [5.74, 6) is -0.0934. The number of ether oxygens (including phenoxy) is 1. The molecule has 0 aliphatic rings. The van der Waals surface area contributed by atoms with Gasteiger partial charge in [0, 0.05) is 25.0 Å². The van der Waals surface area contributed by atoms with Crippen molar-refractivity contribution in [3.05, 3.63) is 53.2 Å². The van der Waals surface area contributed by atoms with Crippen LogP contribution in [0.2, 0.25) is 0 Å². The minimum Gasteiger partial charge on any atom is -0.481 e. The van der Waals surface area contributed by atoms with E-state index >= 15 is 0 Å². The van der Waals surface area contributed by atoms with Gasteiger partial charge in [-0.05, 0) is 37.1 Å². The molecule has 6 nitrogen and oxygen atoms in total. The fourth-order valence-electron chi connectivity index (χ4n) is 2.21. The van der Waals surface area contributed by atoms with Crippen LogP contribution in [-0.2, 0) is 4.79 Å². The number of methoxy groups -OCH3 is 1. The van der Waals surface area contributed by atoms with Crippen molar-refractivity contribution in [3.63, 3.8) is 0 Å². The molecule has 1 aromatic heterocycles. The summed E-state index contributed by atoms with van der Waals surface area (Å²) in [6.07, 6.45) is 1.43.